The van der Waals surface area contributed by atoms with E-state index >= 15 is 0 Å². The molecule has 0 aliphatic heterocycles. The zero-order chi connectivity index (χ0) is 17.6. The van der Waals surface area contributed by atoms with Gasteiger partial charge in [0.2, 0.25) is 0 Å². The van der Waals surface area contributed by atoms with Crippen LogP contribution in [0.3, 0.4) is 0 Å². The summed E-state index contributed by atoms with van der Waals surface area (Å²) in [5.74, 6) is -0.0971. The zero-order valence-electron chi connectivity index (χ0n) is 14.5. The van der Waals surface area contributed by atoms with E-state index in [0.717, 1.165) is 12.8 Å². The summed E-state index contributed by atoms with van der Waals surface area (Å²) in [6, 6.07) is 0. The first kappa shape index (κ1) is 19.3. The van der Waals surface area contributed by atoms with Crippen LogP contribution in [-0.4, -0.2) is 20.4 Å². The van der Waals surface area contributed by atoms with Crippen molar-refractivity contribution in [1.29, 1.82) is 0 Å². The van der Waals surface area contributed by atoms with Gasteiger partial charge in [0.25, 0.3) is 0 Å². The summed E-state index contributed by atoms with van der Waals surface area (Å²) in [4.78, 5) is 0. The maximum Gasteiger partial charge on any atom is 0.125 e. The molecule has 4 N–H and O–H groups in total. The highest BCUT2D eigenvalue weighted by Crippen LogP contribution is 2.38. The van der Waals surface area contributed by atoms with E-state index in [9.17, 15) is 20.4 Å². The second-order valence-corrected chi connectivity index (χ2v) is 6.15. The SMILES string of the molecule is CC(C)=CCC/C(C)=C/Cc1c(C)c(O)c(CO)c(CO)c1O. The molecular formula is C19H28O4. The number of hydrogen-bond donors (Lipinski definition) is 4. The first-order valence-electron chi connectivity index (χ1n) is 7.89. The number of hydrogen-bond acceptors (Lipinski definition) is 4. The van der Waals surface area contributed by atoms with Gasteiger partial charge in [-0.05, 0) is 52.5 Å². The van der Waals surface area contributed by atoms with Crippen molar-refractivity contribution in [1.82, 2.24) is 0 Å². The monoisotopic (exact) mass is 320 g/mol. The summed E-state index contributed by atoms with van der Waals surface area (Å²) in [5, 5.41) is 39.3. The lowest BCUT2D eigenvalue weighted by Crippen LogP contribution is -2.02. The molecule has 0 fully saturated rings. The van der Waals surface area contributed by atoms with Crippen LogP contribution in [0.1, 0.15) is 55.9 Å². The van der Waals surface area contributed by atoms with Gasteiger partial charge in [-0.15, -0.1) is 0 Å². The Labute approximate surface area is 138 Å². The molecular weight excluding hydrogens is 292 g/mol. The van der Waals surface area contributed by atoms with E-state index in [0.29, 0.717) is 17.5 Å². The molecule has 4 heteroatoms. The highest BCUT2D eigenvalue weighted by Gasteiger charge is 2.19. The van der Waals surface area contributed by atoms with Crippen LogP contribution in [-0.2, 0) is 19.6 Å². The molecule has 0 heterocycles. The Bertz CT molecular complexity index is 609. The quantitative estimate of drug-likeness (QED) is 0.457. The minimum absolute atomic E-state index is 0.0415. The van der Waals surface area contributed by atoms with Crippen LogP contribution in [0.5, 0.6) is 11.5 Å². The molecule has 0 aliphatic carbocycles. The van der Waals surface area contributed by atoms with Crippen LogP contribution in [0.25, 0.3) is 0 Å². The molecule has 0 aliphatic rings. The van der Waals surface area contributed by atoms with Crippen molar-refractivity contribution >= 4 is 0 Å². The third-order valence-corrected chi connectivity index (χ3v) is 4.09. The van der Waals surface area contributed by atoms with Crippen molar-refractivity contribution < 1.29 is 20.4 Å². The molecule has 0 bridgehead atoms. The maximum absolute atomic E-state index is 10.3. The molecule has 0 amide bonds. The molecule has 1 aromatic carbocycles. The first-order valence-corrected chi connectivity index (χ1v) is 7.89. The van der Waals surface area contributed by atoms with Crippen molar-refractivity contribution in [3.05, 3.63) is 45.6 Å². The van der Waals surface area contributed by atoms with Gasteiger partial charge in [0, 0.05) is 16.7 Å². The summed E-state index contributed by atoms with van der Waals surface area (Å²) in [6.45, 7) is 7.04. The molecule has 23 heavy (non-hydrogen) atoms. The highest BCUT2D eigenvalue weighted by atomic mass is 16.3. The minimum atomic E-state index is -0.425. The number of benzene rings is 1. The van der Waals surface area contributed by atoms with E-state index in [-0.39, 0.29) is 22.6 Å². The number of aliphatic hydroxyl groups is 2. The van der Waals surface area contributed by atoms with Gasteiger partial charge >= 0.3 is 0 Å². The summed E-state index contributed by atoms with van der Waals surface area (Å²) in [7, 11) is 0. The van der Waals surface area contributed by atoms with Crippen LogP contribution in [0.2, 0.25) is 0 Å². The molecule has 1 rings (SSSR count). The Morgan fingerprint density at radius 1 is 0.870 bits per heavy atom. The average Bonchev–Trinajstić information content (AvgIpc) is 2.50. The van der Waals surface area contributed by atoms with Crippen LogP contribution < -0.4 is 0 Å². The van der Waals surface area contributed by atoms with Gasteiger partial charge in [-0.2, -0.15) is 0 Å². The lowest BCUT2D eigenvalue weighted by Gasteiger charge is -2.17. The lowest BCUT2D eigenvalue weighted by atomic mass is 9.93. The molecule has 4 nitrogen and oxygen atoms in total. The van der Waals surface area contributed by atoms with E-state index < -0.39 is 13.2 Å². The Morgan fingerprint density at radius 2 is 1.43 bits per heavy atom. The maximum atomic E-state index is 10.3. The van der Waals surface area contributed by atoms with Gasteiger partial charge < -0.3 is 20.4 Å². The molecule has 0 atom stereocenters. The van der Waals surface area contributed by atoms with Gasteiger partial charge in [0.05, 0.1) is 13.2 Å². The molecule has 0 radical (unpaired) electrons. The topological polar surface area (TPSA) is 80.9 Å². The second kappa shape index (κ2) is 8.75. The molecule has 0 spiro atoms. The number of phenols is 2. The Kier molecular flexibility index (Phi) is 7.33. The Morgan fingerprint density at radius 3 is 1.96 bits per heavy atom. The number of rotatable bonds is 7. The largest absolute Gasteiger partial charge is 0.507 e. The Hall–Kier alpha value is -1.78. The van der Waals surface area contributed by atoms with Crippen molar-refractivity contribution in [2.75, 3.05) is 0 Å². The fourth-order valence-electron chi connectivity index (χ4n) is 2.57. The van der Waals surface area contributed by atoms with E-state index in [1.54, 1.807) is 6.92 Å². The Balaban J connectivity index is 3.05. The van der Waals surface area contributed by atoms with Gasteiger partial charge in [-0.25, -0.2) is 0 Å². The van der Waals surface area contributed by atoms with Gasteiger partial charge in [-0.1, -0.05) is 23.3 Å². The van der Waals surface area contributed by atoms with Gasteiger partial charge in [0.15, 0.2) is 0 Å². The lowest BCUT2D eigenvalue weighted by molar-refractivity contribution is 0.249. The fourth-order valence-corrected chi connectivity index (χ4v) is 2.57. The van der Waals surface area contributed by atoms with Crippen molar-refractivity contribution in [2.45, 2.75) is 60.2 Å². The number of allylic oxidation sites excluding steroid dienone is 4. The van der Waals surface area contributed by atoms with E-state index in [4.69, 9.17) is 0 Å². The molecule has 1 aromatic rings. The first-order chi connectivity index (χ1) is 10.8. The minimum Gasteiger partial charge on any atom is -0.507 e. The second-order valence-electron chi connectivity index (χ2n) is 6.15. The predicted molar refractivity (Wildman–Crippen MR) is 92.5 cm³/mol. The van der Waals surface area contributed by atoms with Crippen molar-refractivity contribution in [3.63, 3.8) is 0 Å². The van der Waals surface area contributed by atoms with Crippen molar-refractivity contribution in [2.24, 2.45) is 0 Å². The summed E-state index contributed by atoms with van der Waals surface area (Å²) in [5.41, 5.74) is 4.01. The molecule has 128 valence electrons. The molecule has 0 saturated carbocycles. The van der Waals surface area contributed by atoms with Crippen molar-refractivity contribution in [3.8, 4) is 11.5 Å². The predicted octanol–water partition coefficient (Wildman–Crippen LogP) is 3.63. The van der Waals surface area contributed by atoms with Gasteiger partial charge in [-0.3, -0.25) is 0 Å². The standard InChI is InChI=1S/C19H28O4/c1-12(2)6-5-7-13(3)8-9-15-14(4)18(22)16(10-20)17(11-21)19(15)23/h6,8,20-23H,5,7,9-11H2,1-4H3/b13-8+. The van der Waals surface area contributed by atoms with Crippen LogP contribution >= 0.6 is 0 Å². The molecule has 0 unspecified atom stereocenters. The smallest absolute Gasteiger partial charge is 0.125 e. The fraction of sp³-hybridized carbons (Fsp3) is 0.474. The third-order valence-electron chi connectivity index (χ3n) is 4.09. The van der Waals surface area contributed by atoms with E-state index in [1.165, 1.54) is 11.1 Å². The van der Waals surface area contributed by atoms with Crippen LogP contribution in [0, 0.1) is 6.92 Å². The van der Waals surface area contributed by atoms with Crippen LogP contribution in [0.15, 0.2) is 23.3 Å². The van der Waals surface area contributed by atoms with E-state index in [1.807, 2.05) is 13.0 Å². The van der Waals surface area contributed by atoms with E-state index in [2.05, 4.69) is 19.9 Å². The molecule has 0 aromatic heterocycles. The normalized spacial score (nSPS) is 11.7. The average molecular weight is 320 g/mol. The summed E-state index contributed by atoms with van der Waals surface area (Å²) >= 11 is 0. The molecule has 0 saturated heterocycles. The highest BCUT2D eigenvalue weighted by molar-refractivity contribution is 5.58. The summed E-state index contributed by atoms with van der Waals surface area (Å²) in [6.07, 6.45) is 6.61. The summed E-state index contributed by atoms with van der Waals surface area (Å²) < 4.78 is 0. The number of aliphatic hydroxyl groups excluding tert-OH is 2. The van der Waals surface area contributed by atoms with Gasteiger partial charge in [0.1, 0.15) is 11.5 Å². The zero-order valence-corrected chi connectivity index (χ0v) is 14.5. The van der Waals surface area contributed by atoms with Crippen LogP contribution in [0.4, 0.5) is 0 Å². The number of aromatic hydroxyl groups is 2. The third kappa shape index (κ3) is 4.85.